The number of benzene rings is 1. The third-order valence-electron chi connectivity index (χ3n) is 5.23. The summed E-state index contributed by atoms with van der Waals surface area (Å²) in [5.74, 6) is 1.69. The Morgan fingerprint density at radius 1 is 1.08 bits per heavy atom. The highest BCUT2D eigenvalue weighted by atomic mass is 15.2. The van der Waals surface area contributed by atoms with E-state index in [9.17, 15) is 0 Å². The van der Waals surface area contributed by atoms with Crippen molar-refractivity contribution in [1.29, 1.82) is 0 Å². The second-order valence-electron chi connectivity index (χ2n) is 6.88. The van der Waals surface area contributed by atoms with Crippen molar-refractivity contribution in [3.05, 3.63) is 47.7 Å². The third kappa shape index (κ3) is 3.22. The van der Waals surface area contributed by atoms with Gasteiger partial charge in [-0.15, -0.1) is 0 Å². The lowest BCUT2D eigenvalue weighted by Crippen LogP contribution is -2.43. The molecule has 5 nitrogen and oxygen atoms in total. The third-order valence-corrected chi connectivity index (χ3v) is 5.23. The topological polar surface area (TPSA) is 67.1 Å². The zero-order valence-corrected chi connectivity index (χ0v) is 14.0. The first-order chi connectivity index (χ1) is 11.8. The summed E-state index contributed by atoms with van der Waals surface area (Å²) in [6, 6.07) is 11.2. The van der Waals surface area contributed by atoms with E-state index >= 15 is 0 Å². The summed E-state index contributed by atoms with van der Waals surface area (Å²) in [7, 11) is 0. The van der Waals surface area contributed by atoms with E-state index < -0.39 is 0 Å². The van der Waals surface area contributed by atoms with Crippen LogP contribution in [0.2, 0.25) is 0 Å². The number of anilines is 2. The van der Waals surface area contributed by atoms with Gasteiger partial charge in [-0.25, -0.2) is 4.98 Å². The van der Waals surface area contributed by atoms with Gasteiger partial charge in [0.15, 0.2) is 0 Å². The van der Waals surface area contributed by atoms with Crippen molar-refractivity contribution in [3.8, 4) is 0 Å². The number of rotatable bonds is 3. The molecule has 2 aromatic rings. The number of fused-ring (bicyclic) bond motifs is 1. The highest BCUT2D eigenvalue weighted by Gasteiger charge is 2.23. The first-order valence-corrected chi connectivity index (χ1v) is 8.96. The van der Waals surface area contributed by atoms with Crippen LogP contribution in [0.4, 0.5) is 11.8 Å². The number of nitrogens with one attached hydrogen (secondary N) is 1. The Kier molecular flexibility index (Phi) is 4.34. The van der Waals surface area contributed by atoms with Crippen molar-refractivity contribution >= 4 is 11.8 Å². The van der Waals surface area contributed by atoms with Crippen LogP contribution in [-0.2, 0) is 13.0 Å². The monoisotopic (exact) mass is 323 g/mol. The van der Waals surface area contributed by atoms with Crippen LogP contribution >= 0.6 is 0 Å². The van der Waals surface area contributed by atoms with Crippen molar-refractivity contribution in [2.75, 3.05) is 16.8 Å². The molecule has 2 atom stereocenters. The highest BCUT2D eigenvalue weighted by molar-refractivity contribution is 5.46. The molecule has 1 saturated carbocycles. The second kappa shape index (κ2) is 6.77. The molecule has 5 heteroatoms. The summed E-state index contributed by atoms with van der Waals surface area (Å²) in [5.41, 5.74) is 9.08. The molecule has 0 bridgehead atoms. The van der Waals surface area contributed by atoms with Crippen molar-refractivity contribution < 1.29 is 0 Å². The van der Waals surface area contributed by atoms with E-state index in [1.54, 1.807) is 0 Å². The number of aromatic nitrogens is 2. The van der Waals surface area contributed by atoms with Gasteiger partial charge in [-0.3, -0.25) is 0 Å². The fourth-order valence-corrected chi connectivity index (χ4v) is 3.79. The van der Waals surface area contributed by atoms with E-state index in [0.717, 1.165) is 38.2 Å². The standard InChI is InChI=1S/C19H25N5/c20-16-7-3-4-8-17(16)22-19-21-11-9-18(23-19)24-12-10-14-5-1-2-6-15(14)13-24/h1-2,5-6,9,11,16-17H,3-4,7-8,10,12-13,20H2,(H,21,22,23)/t16-,17-/m0/s1. The summed E-state index contributed by atoms with van der Waals surface area (Å²) < 4.78 is 0. The van der Waals surface area contributed by atoms with Crippen LogP contribution in [0.3, 0.4) is 0 Å². The molecule has 0 amide bonds. The summed E-state index contributed by atoms with van der Waals surface area (Å²) >= 11 is 0. The van der Waals surface area contributed by atoms with E-state index in [1.807, 2.05) is 12.3 Å². The minimum absolute atomic E-state index is 0.202. The van der Waals surface area contributed by atoms with Crippen molar-refractivity contribution in [2.24, 2.45) is 5.73 Å². The van der Waals surface area contributed by atoms with Crippen LogP contribution in [0, 0.1) is 0 Å². The van der Waals surface area contributed by atoms with Gasteiger partial charge in [-0.05, 0) is 36.5 Å². The number of hydrogen-bond acceptors (Lipinski definition) is 5. The smallest absolute Gasteiger partial charge is 0.224 e. The molecular formula is C19H25N5. The SMILES string of the molecule is N[C@H]1CCCC[C@@H]1Nc1nccc(N2CCc3ccccc3C2)n1. The minimum atomic E-state index is 0.202. The Morgan fingerprint density at radius 2 is 1.92 bits per heavy atom. The second-order valence-corrected chi connectivity index (χ2v) is 6.88. The average Bonchev–Trinajstić information content (AvgIpc) is 2.63. The molecule has 1 aliphatic heterocycles. The molecule has 0 unspecified atom stereocenters. The lowest BCUT2D eigenvalue weighted by atomic mass is 9.91. The molecule has 0 saturated heterocycles. The van der Waals surface area contributed by atoms with E-state index in [1.165, 1.54) is 24.0 Å². The molecule has 24 heavy (non-hydrogen) atoms. The van der Waals surface area contributed by atoms with Crippen molar-refractivity contribution in [3.63, 3.8) is 0 Å². The Bertz CT molecular complexity index is 702. The normalized spacial score (nSPS) is 23.6. The molecule has 2 aliphatic rings. The fourth-order valence-electron chi connectivity index (χ4n) is 3.79. The van der Waals surface area contributed by atoms with Gasteiger partial charge < -0.3 is 16.0 Å². The zero-order valence-electron chi connectivity index (χ0n) is 14.0. The Hall–Kier alpha value is -2.14. The van der Waals surface area contributed by atoms with Crippen molar-refractivity contribution in [1.82, 2.24) is 9.97 Å². The zero-order chi connectivity index (χ0) is 16.4. The van der Waals surface area contributed by atoms with Gasteiger partial charge in [0.1, 0.15) is 5.82 Å². The molecule has 2 heterocycles. The molecule has 4 rings (SSSR count). The van der Waals surface area contributed by atoms with Gasteiger partial charge in [-0.2, -0.15) is 4.98 Å². The first-order valence-electron chi connectivity index (χ1n) is 8.96. The van der Waals surface area contributed by atoms with Gasteiger partial charge in [0, 0.05) is 31.4 Å². The maximum Gasteiger partial charge on any atom is 0.224 e. The van der Waals surface area contributed by atoms with Crippen LogP contribution < -0.4 is 16.0 Å². The largest absolute Gasteiger partial charge is 0.352 e. The lowest BCUT2D eigenvalue weighted by Gasteiger charge is -2.31. The van der Waals surface area contributed by atoms with E-state index in [2.05, 4.69) is 39.5 Å². The van der Waals surface area contributed by atoms with Gasteiger partial charge in [0.25, 0.3) is 0 Å². The highest BCUT2D eigenvalue weighted by Crippen LogP contribution is 2.24. The average molecular weight is 323 g/mol. The van der Waals surface area contributed by atoms with Crippen molar-refractivity contribution in [2.45, 2.75) is 50.7 Å². The maximum absolute atomic E-state index is 6.23. The van der Waals surface area contributed by atoms with Gasteiger partial charge in [-0.1, -0.05) is 37.1 Å². The molecule has 0 spiro atoms. The van der Waals surface area contributed by atoms with Crippen LogP contribution in [0.1, 0.15) is 36.8 Å². The summed E-state index contributed by atoms with van der Waals surface area (Å²) in [5, 5.41) is 3.46. The van der Waals surface area contributed by atoms with Crippen LogP contribution in [0.15, 0.2) is 36.5 Å². The number of hydrogen-bond donors (Lipinski definition) is 2. The molecular weight excluding hydrogens is 298 g/mol. The molecule has 1 aliphatic carbocycles. The maximum atomic E-state index is 6.23. The van der Waals surface area contributed by atoms with Gasteiger partial charge >= 0.3 is 0 Å². The molecule has 0 radical (unpaired) electrons. The molecule has 126 valence electrons. The molecule has 1 aromatic carbocycles. The first kappa shape index (κ1) is 15.4. The molecule has 1 aromatic heterocycles. The Labute approximate surface area is 143 Å². The number of nitrogens with zero attached hydrogens (tertiary/aromatic N) is 3. The number of nitrogens with two attached hydrogens (primary N) is 1. The Morgan fingerprint density at radius 3 is 2.79 bits per heavy atom. The van der Waals surface area contributed by atoms with Gasteiger partial charge in [0.2, 0.25) is 5.95 Å². The fraction of sp³-hybridized carbons (Fsp3) is 0.474. The Balaban J connectivity index is 1.49. The summed E-state index contributed by atoms with van der Waals surface area (Å²) in [6.45, 7) is 1.91. The van der Waals surface area contributed by atoms with Gasteiger partial charge in [0.05, 0.1) is 0 Å². The van der Waals surface area contributed by atoms with Crippen LogP contribution in [-0.4, -0.2) is 28.6 Å². The predicted octanol–water partition coefficient (Wildman–Crippen LogP) is 2.72. The van der Waals surface area contributed by atoms with Crippen LogP contribution in [0.25, 0.3) is 0 Å². The van der Waals surface area contributed by atoms with E-state index in [-0.39, 0.29) is 12.1 Å². The minimum Gasteiger partial charge on any atom is -0.352 e. The molecule has 3 N–H and O–H groups in total. The summed E-state index contributed by atoms with van der Waals surface area (Å²) in [4.78, 5) is 11.5. The van der Waals surface area contributed by atoms with E-state index in [4.69, 9.17) is 10.7 Å². The van der Waals surface area contributed by atoms with Crippen LogP contribution in [0.5, 0.6) is 0 Å². The quantitative estimate of drug-likeness (QED) is 0.909. The summed E-state index contributed by atoms with van der Waals surface area (Å²) in [6.07, 6.45) is 7.56. The predicted molar refractivity (Wildman–Crippen MR) is 97.1 cm³/mol. The molecule has 1 fully saturated rings. The lowest BCUT2D eigenvalue weighted by molar-refractivity contribution is 0.402. The van der Waals surface area contributed by atoms with E-state index in [0.29, 0.717) is 5.95 Å².